The highest BCUT2D eigenvalue weighted by atomic mass is 15.2. The Morgan fingerprint density at radius 2 is 1.56 bits per heavy atom. The molecule has 4 heterocycles. The second kappa shape index (κ2) is 11.9. The number of hydrogen-bond donors (Lipinski definition) is 1. The van der Waals surface area contributed by atoms with Crippen LogP contribution in [0.3, 0.4) is 0 Å². The third-order valence-corrected chi connectivity index (χ3v) is 7.69. The molecule has 0 amide bonds. The van der Waals surface area contributed by atoms with Crippen molar-refractivity contribution < 1.29 is 0 Å². The van der Waals surface area contributed by atoms with Crippen LogP contribution in [0.4, 0.5) is 0 Å². The first-order valence-corrected chi connectivity index (χ1v) is 13.7. The van der Waals surface area contributed by atoms with E-state index in [9.17, 15) is 0 Å². The molecule has 192 valence electrons. The van der Waals surface area contributed by atoms with Crippen LogP contribution in [0.1, 0.15) is 85.4 Å². The lowest BCUT2D eigenvalue weighted by atomic mass is 9.90. The highest BCUT2D eigenvalue weighted by Crippen LogP contribution is 2.26. The van der Waals surface area contributed by atoms with Crippen LogP contribution < -0.4 is 0 Å². The fourth-order valence-corrected chi connectivity index (χ4v) is 5.48. The van der Waals surface area contributed by atoms with Gasteiger partial charge in [-0.2, -0.15) is 0 Å². The molecule has 0 aromatic carbocycles. The molecule has 2 atom stereocenters. The molecule has 0 aliphatic carbocycles. The van der Waals surface area contributed by atoms with Crippen LogP contribution in [-0.4, -0.2) is 61.6 Å². The van der Waals surface area contributed by atoms with Crippen molar-refractivity contribution in [3.8, 4) is 0 Å². The zero-order chi connectivity index (χ0) is 24.8. The van der Waals surface area contributed by atoms with Crippen molar-refractivity contribution in [2.75, 3.05) is 26.2 Å². The minimum Gasteiger partial charge on any atom is -0.354 e. The minimum atomic E-state index is 0.312. The van der Waals surface area contributed by atoms with Gasteiger partial charge in [-0.05, 0) is 117 Å². The van der Waals surface area contributed by atoms with Crippen LogP contribution in [-0.2, 0) is 19.4 Å². The predicted molar refractivity (Wildman–Crippen MR) is 144 cm³/mol. The zero-order valence-corrected chi connectivity index (χ0v) is 23.1. The lowest BCUT2D eigenvalue weighted by Crippen LogP contribution is -2.47. The van der Waals surface area contributed by atoms with Crippen LogP contribution in [0.15, 0.2) is 31.0 Å². The van der Waals surface area contributed by atoms with E-state index in [-0.39, 0.29) is 0 Å². The molecular formula is C29H51N5. The first kappa shape index (κ1) is 27.0. The van der Waals surface area contributed by atoms with Crippen LogP contribution in [0.2, 0.25) is 0 Å². The molecule has 0 saturated carbocycles. The Hall–Kier alpha value is -1.59. The normalized spacial score (nSPS) is 22.9. The van der Waals surface area contributed by atoms with Crippen molar-refractivity contribution >= 4 is 0 Å². The molecule has 2 aromatic rings. The number of likely N-dealkylation sites (tertiary alicyclic amines) is 2. The van der Waals surface area contributed by atoms with E-state index in [4.69, 9.17) is 0 Å². The molecule has 34 heavy (non-hydrogen) atoms. The molecular weight excluding hydrogens is 418 g/mol. The monoisotopic (exact) mass is 469 g/mol. The van der Waals surface area contributed by atoms with Crippen LogP contribution in [0, 0.1) is 11.8 Å². The lowest BCUT2D eigenvalue weighted by Gasteiger charge is -2.41. The van der Waals surface area contributed by atoms with Crippen molar-refractivity contribution in [1.82, 2.24) is 24.3 Å². The summed E-state index contributed by atoms with van der Waals surface area (Å²) in [4.78, 5) is 12.5. The smallest absolute Gasteiger partial charge is 0.0921 e. The highest BCUT2D eigenvalue weighted by Gasteiger charge is 2.28. The molecule has 1 N–H and O–H groups in total. The molecule has 0 spiro atoms. The van der Waals surface area contributed by atoms with Gasteiger partial charge in [0.25, 0.3) is 0 Å². The number of aryl methyl sites for hydroxylation is 1. The Morgan fingerprint density at radius 3 is 2.09 bits per heavy atom. The summed E-state index contributed by atoms with van der Waals surface area (Å²) in [5, 5.41) is 0. The Bertz CT molecular complexity index is 824. The van der Waals surface area contributed by atoms with Gasteiger partial charge in [-0.25, -0.2) is 4.98 Å². The fraction of sp³-hybridized carbons (Fsp3) is 0.759. The van der Waals surface area contributed by atoms with Crippen molar-refractivity contribution in [3.05, 3.63) is 42.2 Å². The van der Waals surface area contributed by atoms with Crippen LogP contribution >= 0.6 is 0 Å². The van der Waals surface area contributed by atoms with Gasteiger partial charge < -0.3 is 9.55 Å². The van der Waals surface area contributed by atoms with Gasteiger partial charge in [-0.1, -0.05) is 6.92 Å². The number of nitrogens with one attached hydrogen (secondary N) is 1. The van der Waals surface area contributed by atoms with Gasteiger partial charge in [0, 0.05) is 55.0 Å². The Morgan fingerprint density at radius 1 is 0.941 bits per heavy atom. The summed E-state index contributed by atoms with van der Waals surface area (Å²) in [5.74, 6) is 1.60. The number of nitrogens with zero attached hydrogens (tertiary/aromatic N) is 4. The molecule has 2 saturated heterocycles. The highest BCUT2D eigenvalue weighted by molar-refractivity contribution is 5.09. The van der Waals surface area contributed by atoms with E-state index in [1.165, 1.54) is 69.7 Å². The summed E-state index contributed by atoms with van der Waals surface area (Å²) in [6, 6.07) is 2.25. The summed E-state index contributed by atoms with van der Waals surface area (Å²) in [6.07, 6.45) is 16.0. The third-order valence-electron chi connectivity index (χ3n) is 7.69. The SMILES string of the molecule is CC(C)(C)N1CCC[C@H](Cc2cnc[nH]2)C1.CCc1ccn(C[C@H]2CCCN(C(C)(C)C)C2)c1. The average Bonchev–Trinajstić information content (AvgIpc) is 3.45. The van der Waals surface area contributed by atoms with E-state index in [0.717, 1.165) is 24.7 Å². The summed E-state index contributed by atoms with van der Waals surface area (Å²) >= 11 is 0. The van der Waals surface area contributed by atoms with E-state index in [2.05, 4.69) is 91.3 Å². The topological polar surface area (TPSA) is 40.1 Å². The molecule has 2 fully saturated rings. The van der Waals surface area contributed by atoms with Gasteiger partial charge in [0.2, 0.25) is 0 Å². The number of imidazole rings is 1. The Balaban J connectivity index is 0.000000192. The largest absolute Gasteiger partial charge is 0.354 e. The first-order chi connectivity index (χ1) is 16.0. The number of H-pyrrole nitrogens is 1. The summed E-state index contributed by atoms with van der Waals surface area (Å²) in [7, 11) is 0. The van der Waals surface area contributed by atoms with E-state index in [1.54, 1.807) is 6.33 Å². The third kappa shape index (κ3) is 8.27. The van der Waals surface area contributed by atoms with Crippen LogP contribution in [0.5, 0.6) is 0 Å². The van der Waals surface area contributed by atoms with E-state index in [1.807, 2.05) is 6.20 Å². The summed E-state index contributed by atoms with van der Waals surface area (Å²) in [6.45, 7) is 22.3. The Labute approximate surface area is 209 Å². The van der Waals surface area contributed by atoms with Crippen molar-refractivity contribution in [3.63, 3.8) is 0 Å². The molecule has 5 nitrogen and oxygen atoms in total. The second-order valence-electron chi connectivity index (χ2n) is 12.6. The van der Waals surface area contributed by atoms with Crippen molar-refractivity contribution in [2.24, 2.45) is 11.8 Å². The number of aromatic amines is 1. The molecule has 2 aliphatic heterocycles. The lowest BCUT2D eigenvalue weighted by molar-refractivity contribution is 0.0734. The van der Waals surface area contributed by atoms with Gasteiger partial charge >= 0.3 is 0 Å². The molecule has 2 aromatic heterocycles. The fourth-order valence-electron chi connectivity index (χ4n) is 5.48. The average molecular weight is 470 g/mol. The molecule has 0 unspecified atom stereocenters. The standard InChI is InChI=1S/C16H28N2.C13H23N3/c1-5-14-8-10-17(11-14)12-15-7-6-9-18(13-15)16(2,3)4;1-13(2,3)16-6-4-5-11(9-16)7-12-8-14-10-15-12/h8,10-11,15H,5-7,9,12-13H2,1-4H3;8,10-11H,4-7,9H2,1-3H3,(H,14,15)/t15-;11-/m11/s1. The number of hydrogen-bond acceptors (Lipinski definition) is 3. The number of piperidine rings is 2. The van der Waals surface area contributed by atoms with E-state index < -0.39 is 0 Å². The minimum absolute atomic E-state index is 0.312. The van der Waals surface area contributed by atoms with Gasteiger partial charge in [0.15, 0.2) is 0 Å². The molecule has 0 bridgehead atoms. The summed E-state index contributed by atoms with van der Waals surface area (Å²) < 4.78 is 2.38. The van der Waals surface area contributed by atoms with Crippen LogP contribution in [0.25, 0.3) is 0 Å². The van der Waals surface area contributed by atoms with Gasteiger partial charge in [-0.3, -0.25) is 9.80 Å². The van der Waals surface area contributed by atoms with E-state index in [0.29, 0.717) is 11.1 Å². The summed E-state index contributed by atoms with van der Waals surface area (Å²) in [5.41, 5.74) is 3.37. The van der Waals surface area contributed by atoms with Gasteiger partial charge in [-0.15, -0.1) is 0 Å². The molecule has 4 rings (SSSR count). The molecule has 5 heteroatoms. The van der Waals surface area contributed by atoms with Crippen molar-refractivity contribution in [2.45, 2.75) is 105 Å². The zero-order valence-electron chi connectivity index (χ0n) is 23.1. The quantitative estimate of drug-likeness (QED) is 0.582. The molecule has 0 radical (unpaired) electrons. The maximum Gasteiger partial charge on any atom is 0.0921 e. The predicted octanol–water partition coefficient (Wildman–Crippen LogP) is 6.02. The van der Waals surface area contributed by atoms with Crippen molar-refractivity contribution in [1.29, 1.82) is 0 Å². The molecule has 2 aliphatic rings. The van der Waals surface area contributed by atoms with E-state index >= 15 is 0 Å². The maximum absolute atomic E-state index is 4.09. The Kier molecular flexibility index (Phi) is 9.45. The second-order valence-corrected chi connectivity index (χ2v) is 12.6. The number of rotatable bonds is 5. The number of aromatic nitrogens is 3. The maximum atomic E-state index is 4.09. The first-order valence-electron chi connectivity index (χ1n) is 13.7. The van der Waals surface area contributed by atoms with Gasteiger partial charge in [0.1, 0.15) is 0 Å². The van der Waals surface area contributed by atoms with Gasteiger partial charge in [0.05, 0.1) is 6.33 Å².